The Morgan fingerprint density at radius 1 is 1.33 bits per heavy atom. The Kier molecular flexibility index (Phi) is 9.21. The van der Waals surface area contributed by atoms with Crippen LogP contribution in [-0.2, 0) is 16.0 Å². The number of aliphatic hydroxyl groups is 1. The molecule has 0 aliphatic rings. The van der Waals surface area contributed by atoms with Crippen molar-refractivity contribution in [1.82, 2.24) is 10.9 Å². The molecule has 0 spiro atoms. The Morgan fingerprint density at radius 3 is 2.71 bits per heavy atom. The van der Waals surface area contributed by atoms with Crippen molar-refractivity contribution in [2.45, 2.75) is 31.9 Å². The maximum absolute atomic E-state index is 11.9. The number of amides is 2. The Bertz CT molecular complexity index is 542. The second kappa shape index (κ2) is 10.9. The van der Waals surface area contributed by atoms with E-state index in [4.69, 9.17) is 10.5 Å². The topological polar surface area (TPSA) is 114 Å². The number of aliphatic hydroxyl groups excluding tert-OH is 1. The summed E-state index contributed by atoms with van der Waals surface area (Å²) >= 11 is 1.68. The molecule has 0 heterocycles. The van der Waals surface area contributed by atoms with E-state index in [1.165, 1.54) is 7.11 Å². The third-order valence-electron chi connectivity index (χ3n) is 3.34. The van der Waals surface area contributed by atoms with Crippen LogP contribution in [0.4, 0.5) is 0 Å². The molecule has 1 aromatic rings. The Morgan fingerprint density at radius 2 is 2.04 bits per heavy atom. The quantitative estimate of drug-likeness (QED) is 0.372. The third-order valence-corrected chi connectivity index (χ3v) is 4.28. The highest BCUT2D eigenvalue weighted by Crippen LogP contribution is 2.17. The van der Waals surface area contributed by atoms with Gasteiger partial charge in [-0.15, -0.1) is 0 Å². The number of hydrazine groups is 1. The second-order valence-corrected chi connectivity index (χ2v) is 6.51. The van der Waals surface area contributed by atoms with Gasteiger partial charge in [-0.2, -0.15) is 11.8 Å². The van der Waals surface area contributed by atoms with E-state index in [-0.39, 0.29) is 6.42 Å². The lowest BCUT2D eigenvalue weighted by molar-refractivity contribution is -0.134. The standard InChI is InChI=1S/C16H25N3O4S/c1-3-24-9-8-12(17)15(21)16(22)19-18-14(20)10-11-6-4-5-7-13(11)23-2/h4-7,12,15,21H,3,8-10,17H2,1-2H3,(H,18,20)(H,19,22)/t12-,15?/m1/s1. The van der Waals surface area contributed by atoms with E-state index in [2.05, 4.69) is 10.9 Å². The van der Waals surface area contributed by atoms with Gasteiger partial charge in [0, 0.05) is 11.6 Å². The predicted molar refractivity (Wildman–Crippen MR) is 94.6 cm³/mol. The molecule has 0 saturated carbocycles. The van der Waals surface area contributed by atoms with Crippen molar-refractivity contribution in [3.63, 3.8) is 0 Å². The molecule has 2 atom stereocenters. The molecule has 2 amide bonds. The van der Waals surface area contributed by atoms with Gasteiger partial charge in [-0.3, -0.25) is 20.4 Å². The fourth-order valence-electron chi connectivity index (χ4n) is 1.99. The van der Waals surface area contributed by atoms with Gasteiger partial charge in [-0.1, -0.05) is 25.1 Å². The summed E-state index contributed by atoms with van der Waals surface area (Å²) in [5.74, 6) is 1.16. The summed E-state index contributed by atoms with van der Waals surface area (Å²) in [4.78, 5) is 23.7. The van der Waals surface area contributed by atoms with Crippen molar-refractivity contribution in [3.8, 4) is 5.75 Å². The molecule has 7 nitrogen and oxygen atoms in total. The molecule has 0 aliphatic carbocycles. The van der Waals surface area contributed by atoms with Crippen LogP contribution in [0.25, 0.3) is 0 Å². The summed E-state index contributed by atoms with van der Waals surface area (Å²) in [5, 5.41) is 9.85. The summed E-state index contributed by atoms with van der Waals surface area (Å²) in [6.45, 7) is 2.02. The number of carbonyl (C=O) groups excluding carboxylic acids is 2. The van der Waals surface area contributed by atoms with E-state index in [0.717, 1.165) is 11.5 Å². The molecule has 0 aliphatic heterocycles. The second-order valence-electron chi connectivity index (χ2n) is 5.12. The first-order valence-corrected chi connectivity index (χ1v) is 8.87. The van der Waals surface area contributed by atoms with Crippen LogP contribution in [0.1, 0.15) is 18.9 Å². The van der Waals surface area contributed by atoms with Crippen LogP contribution in [0.2, 0.25) is 0 Å². The van der Waals surface area contributed by atoms with Gasteiger partial charge in [0.25, 0.3) is 5.91 Å². The van der Waals surface area contributed by atoms with Crippen LogP contribution < -0.4 is 21.3 Å². The van der Waals surface area contributed by atoms with E-state index in [0.29, 0.717) is 17.7 Å². The first-order chi connectivity index (χ1) is 11.5. The smallest absolute Gasteiger partial charge is 0.268 e. The molecular weight excluding hydrogens is 330 g/mol. The number of hydrogen-bond donors (Lipinski definition) is 4. The Labute approximate surface area is 146 Å². The monoisotopic (exact) mass is 355 g/mol. The number of nitrogens with two attached hydrogens (primary N) is 1. The van der Waals surface area contributed by atoms with Crippen LogP contribution >= 0.6 is 11.8 Å². The van der Waals surface area contributed by atoms with Crippen LogP contribution in [0.5, 0.6) is 5.75 Å². The number of para-hydroxylation sites is 1. The zero-order chi connectivity index (χ0) is 17.9. The molecule has 1 unspecified atom stereocenters. The average Bonchev–Trinajstić information content (AvgIpc) is 2.59. The molecule has 1 aromatic carbocycles. The molecule has 0 fully saturated rings. The summed E-state index contributed by atoms with van der Waals surface area (Å²) in [6, 6.07) is 6.43. The minimum atomic E-state index is -1.37. The number of carbonyl (C=O) groups is 2. The average molecular weight is 355 g/mol. The van der Waals surface area contributed by atoms with E-state index >= 15 is 0 Å². The number of nitrogens with one attached hydrogen (secondary N) is 2. The highest BCUT2D eigenvalue weighted by atomic mass is 32.2. The lowest BCUT2D eigenvalue weighted by Crippen LogP contribution is -2.52. The Hall–Kier alpha value is -1.77. The molecule has 8 heteroatoms. The molecule has 134 valence electrons. The molecule has 1 rings (SSSR count). The van der Waals surface area contributed by atoms with Crippen LogP contribution in [-0.4, -0.2) is 47.7 Å². The number of methoxy groups -OCH3 is 1. The summed E-state index contributed by atoms with van der Waals surface area (Å²) in [5.41, 5.74) is 10.9. The van der Waals surface area contributed by atoms with Gasteiger partial charge in [0.15, 0.2) is 0 Å². The largest absolute Gasteiger partial charge is 0.496 e. The first-order valence-electron chi connectivity index (χ1n) is 7.71. The van der Waals surface area contributed by atoms with Crippen molar-refractivity contribution in [1.29, 1.82) is 0 Å². The number of hydrogen-bond acceptors (Lipinski definition) is 6. The lowest BCUT2D eigenvalue weighted by Gasteiger charge is -2.18. The zero-order valence-electron chi connectivity index (χ0n) is 14.0. The molecule has 5 N–H and O–H groups in total. The minimum absolute atomic E-state index is 0.0413. The van der Waals surface area contributed by atoms with Crippen molar-refractivity contribution in [3.05, 3.63) is 29.8 Å². The zero-order valence-corrected chi connectivity index (χ0v) is 14.8. The third kappa shape index (κ3) is 6.77. The van der Waals surface area contributed by atoms with Gasteiger partial charge in [-0.05, 0) is 24.0 Å². The molecule has 0 radical (unpaired) electrons. The van der Waals surface area contributed by atoms with Gasteiger partial charge in [-0.25, -0.2) is 0 Å². The highest BCUT2D eigenvalue weighted by Gasteiger charge is 2.23. The van der Waals surface area contributed by atoms with Gasteiger partial charge >= 0.3 is 0 Å². The van der Waals surface area contributed by atoms with E-state index < -0.39 is 24.0 Å². The van der Waals surface area contributed by atoms with Gasteiger partial charge < -0.3 is 15.6 Å². The number of benzene rings is 1. The number of rotatable bonds is 9. The number of ether oxygens (including phenoxy) is 1. The molecule has 0 saturated heterocycles. The fourth-order valence-corrected chi connectivity index (χ4v) is 2.71. The molecular formula is C16H25N3O4S. The number of thioether (sulfide) groups is 1. The highest BCUT2D eigenvalue weighted by molar-refractivity contribution is 7.99. The molecule has 0 bridgehead atoms. The summed E-state index contributed by atoms with van der Waals surface area (Å²) < 4.78 is 5.16. The van der Waals surface area contributed by atoms with Gasteiger partial charge in [0.05, 0.1) is 13.5 Å². The molecule has 0 aromatic heterocycles. The van der Waals surface area contributed by atoms with E-state index in [9.17, 15) is 14.7 Å². The Balaban J connectivity index is 2.41. The maximum atomic E-state index is 11.9. The first kappa shape index (κ1) is 20.3. The molecule has 24 heavy (non-hydrogen) atoms. The lowest BCUT2D eigenvalue weighted by atomic mass is 10.1. The van der Waals surface area contributed by atoms with Gasteiger partial charge in [0.1, 0.15) is 11.9 Å². The SMILES string of the molecule is CCSCC[C@@H](N)C(O)C(=O)NNC(=O)Cc1ccccc1OC. The van der Waals surface area contributed by atoms with Gasteiger partial charge in [0.2, 0.25) is 5.91 Å². The maximum Gasteiger partial charge on any atom is 0.268 e. The normalized spacial score (nSPS) is 13.0. The van der Waals surface area contributed by atoms with Crippen molar-refractivity contribution in [2.75, 3.05) is 18.6 Å². The summed E-state index contributed by atoms with van der Waals surface area (Å²) in [6.07, 6.45) is -0.809. The predicted octanol–water partition coefficient (Wildman–Crippen LogP) is 0.217. The summed E-state index contributed by atoms with van der Waals surface area (Å²) in [7, 11) is 1.52. The van der Waals surface area contributed by atoms with E-state index in [1.54, 1.807) is 36.0 Å². The fraction of sp³-hybridized carbons (Fsp3) is 0.500. The van der Waals surface area contributed by atoms with Crippen molar-refractivity contribution < 1.29 is 19.4 Å². The van der Waals surface area contributed by atoms with E-state index in [1.807, 2.05) is 6.92 Å². The van der Waals surface area contributed by atoms with Crippen LogP contribution in [0.3, 0.4) is 0 Å². The van der Waals surface area contributed by atoms with Crippen LogP contribution in [0, 0.1) is 0 Å². The van der Waals surface area contributed by atoms with Crippen molar-refractivity contribution >= 4 is 23.6 Å². The minimum Gasteiger partial charge on any atom is -0.496 e. The van der Waals surface area contributed by atoms with Crippen molar-refractivity contribution in [2.24, 2.45) is 5.73 Å². The van der Waals surface area contributed by atoms with Crippen LogP contribution in [0.15, 0.2) is 24.3 Å².